The second kappa shape index (κ2) is 10.6. The number of rotatable bonds is 7. The van der Waals surface area contributed by atoms with Gasteiger partial charge in [0.25, 0.3) is 5.56 Å². The third kappa shape index (κ3) is 4.92. The van der Waals surface area contributed by atoms with Crippen molar-refractivity contribution in [2.45, 2.75) is 26.2 Å². The molecule has 166 valence electrons. The van der Waals surface area contributed by atoms with Crippen molar-refractivity contribution in [3.05, 3.63) is 59.4 Å². The average molecular weight is 626 g/mol. The first-order valence-electron chi connectivity index (χ1n) is 9.71. The first kappa shape index (κ1) is 24.5. The minimum atomic E-state index is -0.237. The fourth-order valence-corrected chi connectivity index (χ4v) is 4.29. The molecule has 6 nitrogen and oxygen atoms in total. The van der Waals surface area contributed by atoms with Gasteiger partial charge in [0.2, 0.25) is 0 Å². The molecule has 1 aromatic heterocycles. The molecule has 1 atom stereocenters. The number of aromatic nitrogens is 2. The molecule has 32 heavy (non-hydrogen) atoms. The van der Waals surface area contributed by atoms with Gasteiger partial charge in [-0.15, -0.1) is 6.42 Å². The Morgan fingerprint density at radius 1 is 1.28 bits per heavy atom. The van der Waals surface area contributed by atoms with E-state index in [2.05, 4.69) is 58.8 Å². The van der Waals surface area contributed by atoms with Crippen molar-refractivity contribution in [2.75, 3.05) is 13.7 Å². The largest absolute Gasteiger partial charge is 0.493 e. The molecule has 0 aliphatic heterocycles. The predicted molar refractivity (Wildman–Crippen MR) is 138 cm³/mol. The van der Waals surface area contributed by atoms with E-state index in [0.717, 1.165) is 10.9 Å². The summed E-state index contributed by atoms with van der Waals surface area (Å²) >= 11 is 10.5. The molecule has 3 aromatic rings. The summed E-state index contributed by atoms with van der Waals surface area (Å²) in [6.45, 7) is 4.16. The average Bonchev–Trinajstić information content (AvgIpc) is 2.79. The first-order chi connectivity index (χ1) is 15.3. The summed E-state index contributed by atoms with van der Waals surface area (Å²) in [5.74, 6) is 4.02. The highest BCUT2D eigenvalue weighted by Gasteiger charge is 2.18. The van der Waals surface area contributed by atoms with Crippen LogP contribution in [-0.2, 0) is 0 Å². The van der Waals surface area contributed by atoms with Gasteiger partial charge in [0.05, 0.1) is 28.7 Å². The van der Waals surface area contributed by atoms with E-state index in [4.69, 9.17) is 20.9 Å². The lowest BCUT2D eigenvalue weighted by atomic mass is 10.1. The standard InChI is InChI=1S/C23H20Br3N3O3/c1-5-9-32-21-18(31-4)10-14(19(25)20(21)26)12-27-29-22(13(3)6-2)28-17-8-7-15(24)11-16(17)23(29)30/h1,7-8,10-13H,6,9H2,2-4H3/t13-/m0/s1. The van der Waals surface area contributed by atoms with Crippen LogP contribution in [0, 0.1) is 12.3 Å². The zero-order valence-electron chi connectivity index (χ0n) is 17.7. The number of halogens is 3. The lowest BCUT2D eigenvalue weighted by Gasteiger charge is -2.15. The van der Waals surface area contributed by atoms with Gasteiger partial charge in [-0.1, -0.05) is 35.7 Å². The zero-order chi connectivity index (χ0) is 23.4. The monoisotopic (exact) mass is 623 g/mol. The van der Waals surface area contributed by atoms with E-state index in [1.807, 2.05) is 26.0 Å². The molecule has 0 radical (unpaired) electrons. The van der Waals surface area contributed by atoms with Crippen LogP contribution in [0.2, 0.25) is 0 Å². The molecule has 0 saturated heterocycles. The van der Waals surface area contributed by atoms with Crippen LogP contribution in [0.3, 0.4) is 0 Å². The molecule has 0 aliphatic carbocycles. The van der Waals surface area contributed by atoms with Crippen LogP contribution in [0.1, 0.15) is 37.6 Å². The molecule has 0 aliphatic rings. The van der Waals surface area contributed by atoms with Crippen LogP contribution in [0.25, 0.3) is 10.9 Å². The Labute approximate surface area is 211 Å². The van der Waals surface area contributed by atoms with Crippen molar-refractivity contribution in [3.8, 4) is 23.8 Å². The van der Waals surface area contributed by atoms with Gasteiger partial charge in [0.15, 0.2) is 11.5 Å². The number of ether oxygens (including phenoxy) is 2. The summed E-state index contributed by atoms with van der Waals surface area (Å²) in [6, 6.07) is 7.20. The first-order valence-corrected chi connectivity index (χ1v) is 12.1. The molecule has 0 amide bonds. The van der Waals surface area contributed by atoms with E-state index in [1.54, 1.807) is 18.3 Å². The number of hydrogen-bond donors (Lipinski definition) is 0. The normalized spacial score (nSPS) is 12.2. The van der Waals surface area contributed by atoms with Gasteiger partial charge in [-0.25, -0.2) is 4.98 Å². The lowest BCUT2D eigenvalue weighted by Crippen LogP contribution is -2.23. The number of terminal acetylenes is 1. The van der Waals surface area contributed by atoms with Crippen LogP contribution >= 0.6 is 47.8 Å². The Kier molecular flexibility index (Phi) is 8.15. The van der Waals surface area contributed by atoms with Gasteiger partial charge in [-0.3, -0.25) is 4.79 Å². The highest BCUT2D eigenvalue weighted by molar-refractivity contribution is 9.13. The van der Waals surface area contributed by atoms with E-state index in [1.165, 1.54) is 11.8 Å². The molecule has 3 rings (SSSR count). The highest BCUT2D eigenvalue weighted by Crippen LogP contribution is 2.42. The minimum Gasteiger partial charge on any atom is -0.493 e. The van der Waals surface area contributed by atoms with Gasteiger partial charge in [-0.2, -0.15) is 9.78 Å². The quantitative estimate of drug-likeness (QED) is 0.235. The topological polar surface area (TPSA) is 65.7 Å². The summed E-state index contributed by atoms with van der Waals surface area (Å²) < 4.78 is 14.5. The Morgan fingerprint density at radius 3 is 2.69 bits per heavy atom. The number of hydrogen-bond acceptors (Lipinski definition) is 5. The molecule has 0 spiro atoms. The molecule has 0 unspecified atom stereocenters. The molecule has 2 aromatic carbocycles. The van der Waals surface area contributed by atoms with Crippen LogP contribution < -0.4 is 15.0 Å². The van der Waals surface area contributed by atoms with Crippen LogP contribution in [0.15, 0.2) is 47.6 Å². The number of benzene rings is 2. The molecule has 1 heterocycles. The molecule has 9 heteroatoms. The predicted octanol–water partition coefficient (Wildman–Crippen LogP) is 6.10. The number of methoxy groups -OCH3 is 1. The van der Waals surface area contributed by atoms with E-state index < -0.39 is 0 Å². The number of fused-ring (bicyclic) bond motifs is 1. The van der Waals surface area contributed by atoms with Crippen molar-refractivity contribution in [1.82, 2.24) is 9.66 Å². The van der Waals surface area contributed by atoms with E-state index >= 15 is 0 Å². The SMILES string of the molecule is C#CCOc1c(OC)cc(C=Nn2c([C@@H](C)CC)nc3ccc(Br)cc3c2=O)c(Br)c1Br. The second-order valence-electron chi connectivity index (χ2n) is 6.92. The number of nitrogens with zero attached hydrogens (tertiary/aromatic N) is 3. The van der Waals surface area contributed by atoms with Crippen LogP contribution in [0.5, 0.6) is 11.5 Å². The maximum atomic E-state index is 13.3. The summed E-state index contributed by atoms with van der Waals surface area (Å²) in [7, 11) is 1.54. The lowest BCUT2D eigenvalue weighted by molar-refractivity contribution is 0.328. The van der Waals surface area contributed by atoms with Gasteiger partial charge in [0.1, 0.15) is 12.4 Å². The van der Waals surface area contributed by atoms with Gasteiger partial charge in [0, 0.05) is 20.4 Å². The fraction of sp³-hybridized carbons (Fsp3) is 0.261. The molecule has 0 fully saturated rings. The Hall–Kier alpha value is -2.15. The van der Waals surface area contributed by atoms with Crippen molar-refractivity contribution in [3.63, 3.8) is 0 Å². The van der Waals surface area contributed by atoms with E-state index in [9.17, 15) is 4.79 Å². The summed E-state index contributed by atoms with van der Waals surface area (Å²) in [5, 5.41) is 5.00. The molecule has 0 bridgehead atoms. The zero-order valence-corrected chi connectivity index (χ0v) is 22.4. The molecule has 0 saturated carbocycles. The fourth-order valence-electron chi connectivity index (χ4n) is 3.00. The van der Waals surface area contributed by atoms with Gasteiger partial charge >= 0.3 is 0 Å². The summed E-state index contributed by atoms with van der Waals surface area (Å²) in [5.41, 5.74) is 1.08. The van der Waals surface area contributed by atoms with Crippen molar-refractivity contribution >= 4 is 64.9 Å². The Morgan fingerprint density at radius 2 is 2.03 bits per heavy atom. The van der Waals surface area contributed by atoms with E-state index in [0.29, 0.717) is 42.7 Å². The third-order valence-electron chi connectivity index (χ3n) is 4.87. The maximum Gasteiger partial charge on any atom is 0.282 e. The molecular formula is C23H20Br3N3O3. The third-order valence-corrected chi connectivity index (χ3v) is 7.51. The minimum absolute atomic E-state index is 0.0390. The van der Waals surface area contributed by atoms with Crippen LogP contribution in [-0.4, -0.2) is 29.6 Å². The van der Waals surface area contributed by atoms with Gasteiger partial charge in [-0.05, 0) is 62.5 Å². The van der Waals surface area contributed by atoms with Gasteiger partial charge < -0.3 is 9.47 Å². The Bertz CT molecular complexity index is 1300. The summed E-state index contributed by atoms with van der Waals surface area (Å²) in [6.07, 6.45) is 7.70. The summed E-state index contributed by atoms with van der Waals surface area (Å²) in [4.78, 5) is 18.0. The van der Waals surface area contributed by atoms with Crippen LogP contribution in [0.4, 0.5) is 0 Å². The highest BCUT2D eigenvalue weighted by atomic mass is 79.9. The smallest absolute Gasteiger partial charge is 0.282 e. The Balaban J connectivity index is 2.18. The molecular weight excluding hydrogens is 606 g/mol. The van der Waals surface area contributed by atoms with Crippen molar-refractivity contribution < 1.29 is 9.47 Å². The van der Waals surface area contributed by atoms with E-state index in [-0.39, 0.29) is 18.1 Å². The maximum absolute atomic E-state index is 13.3. The second-order valence-corrected chi connectivity index (χ2v) is 9.42. The van der Waals surface area contributed by atoms with Crippen molar-refractivity contribution in [2.24, 2.45) is 5.10 Å². The molecule has 0 N–H and O–H groups in total. The van der Waals surface area contributed by atoms with Crippen molar-refractivity contribution in [1.29, 1.82) is 0 Å².